The van der Waals surface area contributed by atoms with Crippen LogP contribution in [0.2, 0.25) is 0 Å². The van der Waals surface area contributed by atoms with Crippen LogP contribution in [-0.4, -0.2) is 31.9 Å². The predicted molar refractivity (Wildman–Crippen MR) is 58.0 cm³/mol. The predicted octanol–water partition coefficient (Wildman–Crippen LogP) is 0.738. The fourth-order valence-electron chi connectivity index (χ4n) is 1.31. The summed E-state index contributed by atoms with van der Waals surface area (Å²) in [4.78, 5) is 0.249. The van der Waals surface area contributed by atoms with E-state index in [1.54, 1.807) is 25.1 Å². The van der Waals surface area contributed by atoms with Gasteiger partial charge in [-0.05, 0) is 24.1 Å². The van der Waals surface area contributed by atoms with Crippen LogP contribution in [0.5, 0.6) is 0 Å². The lowest BCUT2D eigenvalue weighted by atomic mass is 10.1. The minimum atomic E-state index is -3.42. The van der Waals surface area contributed by atoms with Crippen molar-refractivity contribution in [1.82, 2.24) is 4.31 Å². The van der Waals surface area contributed by atoms with Crippen LogP contribution in [0.1, 0.15) is 11.1 Å². The van der Waals surface area contributed by atoms with Gasteiger partial charge in [0.05, 0.1) is 11.5 Å². The van der Waals surface area contributed by atoms with Crippen molar-refractivity contribution < 1.29 is 13.5 Å². The molecule has 0 aromatic heterocycles. The molecule has 0 aliphatic rings. The molecule has 1 aromatic carbocycles. The lowest BCUT2D eigenvalue weighted by molar-refractivity contribution is 0.280. The van der Waals surface area contributed by atoms with Crippen molar-refractivity contribution in [3.63, 3.8) is 0 Å². The van der Waals surface area contributed by atoms with Crippen LogP contribution in [0.3, 0.4) is 0 Å². The summed E-state index contributed by atoms with van der Waals surface area (Å²) >= 11 is 0. The van der Waals surface area contributed by atoms with Crippen LogP contribution in [0.25, 0.3) is 0 Å². The first-order valence-corrected chi connectivity index (χ1v) is 5.97. The Bertz CT molecular complexity index is 452. The third-order valence-corrected chi connectivity index (χ3v) is 4.28. The van der Waals surface area contributed by atoms with Gasteiger partial charge in [0.1, 0.15) is 0 Å². The summed E-state index contributed by atoms with van der Waals surface area (Å²) in [5.41, 5.74) is 1.24. The quantitative estimate of drug-likeness (QED) is 0.831. The maximum Gasteiger partial charge on any atom is 0.242 e. The maximum absolute atomic E-state index is 11.9. The van der Waals surface area contributed by atoms with Gasteiger partial charge in [-0.25, -0.2) is 12.7 Å². The van der Waals surface area contributed by atoms with Crippen molar-refractivity contribution in [1.29, 1.82) is 0 Å². The molecule has 15 heavy (non-hydrogen) atoms. The lowest BCUT2D eigenvalue weighted by Gasteiger charge is -2.14. The van der Waals surface area contributed by atoms with Crippen LogP contribution in [0.15, 0.2) is 23.1 Å². The van der Waals surface area contributed by atoms with E-state index < -0.39 is 10.0 Å². The summed E-state index contributed by atoms with van der Waals surface area (Å²) < 4.78 is 24.9. The van der Waals surface area contributed by atoms with Crippen molar-refractivity contribution in [3.05, 3.63) is 29.3 Å². The van der Waals surface area contributed by atoms with Crippen molar-refractivity contribution in [2.24, 2.45) is 0 Å². The SMILES string of the molecule is Cc1c(CO)cccc1S(=O)(=O)N(C)C. The van der Waals surface area contributed by atoms with E-state index in [4.69, 9.17) is 5.11 Å². The Balaban J connectivity index is 3.40. The second-order valence-corrected chi connectivity index (χ2v) is 5.61. The summed E-state index contributed by atoms with van der Waals surface area (Å²) in [6.07, 6.45) is 0. The molecule has 0 aliphatic heterocycles. The van der Waals surface area contributed by atoms with E-state index in [9.17, 15) is 8.42 Å². The van der Waals surface area contributed by atoms with Gasteiger partial charge in [-0.3, -0.25) is 0 Å². The molecular weight excluding hydrogens is 214 g/mol. The normalized spacial score (nSPS) is 12.1. The number of benzene rings is 1. The molecule has 0 aliphatic carbocycles. The van der Waals surface area contributed by atoms with Gasteiger partial charge in [0.15, 0.2) is 0 Å². The maximum atomic E-state index is 11.9. The molecule has 1 aromatic rings. The number of aliphatic hydroxyl groups excluding tert-OH is 1. The van der Waals surface area contributed by atoms with Crippen LogP contribution in [0, 0.1) is 6.92 Å². The first-order valence-electron chi connectivity index (χ1n) is 4.53. The highest BCUT2D eigenvalue weighted by Crippen LogP contribution is 2.20. The number of rotatable bonds is 3. The van der Waals surface area contributed by atoms with Gasteiger partial charge < -0.3 is 5.11 Å². The minimum Gasteiger partial charge on any atom is -0.392 e. The van der Waals surface area contributed by atoms with Gasteiger partial charge in [0.2, 0.25) is 10.0 Å². The van der Waals surface area contributed by atoms with E-state index in [1.165, 1.54) is 14.1 Å². The fourth-order valence-corrected chi connectivity index (χ4v) is 2.47. The Morgan fingerprint density at radius 3 is 2.40 bits per heavy atom. The Labute approximate surface area is 90.2 Å². The molecule has 1 N–H and O–H groups in total. The van der Waals surface area contributed by atoms with Gasteiger partial charge >= 0.3 is 0 Å². The monoisotopic (exact) mass is 229 g/mol. The Kier molecular flexibility index (Phi) is 3.49. The summed E-state index contributed by atoms with van der Waals surface area (Å²) in [7, 11) is -0.445. The largest absolute Gasteiger partial charge is 0.392 e. The Morgan fingerprint density at radius 1 is 1.33 bits per heavy atom. The van der Waals surface area contributed by atoms with E-state index >= 15 is 0 Å². The number of nitrogens with zero attached hydrogens (tertiary/aromatic N) is 1. The Hall–Kier alpha value is -0.910. The van der Waals surface area contributed by atoms with Gasteiger partial charge in [-0.1, -0.05) is 12.1 Å². The molecule has 5 heteroatoms. The van der Waals surface area contributed by atoms with Gasteiger partial charge in [0.25, 0.3) is 0 Å². The van der Waals surface area contributed by atoms with E-state index in [-0.39, 0.29) is 11.5 Å². The molecule has 0 amide bonds. The van der Waals surface area contributed by atoms with E-state index in [1.807, 2.05) is 0 Å². The van der Waals surface area contributed by atoms with Crippen LogP contribution >= 0.6 is 0 Å². The zero-order valence-electron chi connectivity index (χ0n) is 9.06. The van der Waals surface area contributed by atoms with Crippen LogP contribution in [-0.2, 0) is 16.6 Å². The molecule has 0 radical (unpaired) electrons. The molecule has 0 heterocycles. The molecule has 0 bridgehead atoms. The van der Waals surface area contributed by atoms with E-state index in [0.29, 0.717) is 11.1 Å². The summed E-state index contributed by atoms with van der Waals surface area (Å²) in [6.45, 7) is 1.55. The van der Waals surface area contributed by atoms with Crippen molar-refractivity contribution >= 4 is 10.0 Å². The summed E-state index contributed by atoms with van der Waals surface area (Å²) in [5, 5.41) is 9.04. The summed E-state index contributed by atoms with van der Waals surface area (Å²) in [6, 6.07) is 4.89. The zero-order valence-corrected chi connectivity index (χ0v) is 9.87. The van der Waals surface area contributed by atoms with Crippen molar-refractivity contribution in [2.45, 2.75) is 18.4 Å². The minimum absolute atomic E-state index is 0.150. The summed E-state index contributed by atoms with van der Waals surface area (Å²) in [5.74, 6) is 0. The molecule has 0 saturated heterocycles. The van der Waals surface area contributed by atoms with Gasteiger partial charge in [-0.2, -0.15) is 0 Å². The average Bonchev–Trinajstić information content (AvgIpc) is 2.17. The Morgan fingerprint density at radius 2 is 1.93 bits per heavy atom. The van der Waals surface area contributed by atoms with Gasteiger partial charge in [-0.15, -0.1) is 0 Å². The van der Waals surface area contributed by atoms with Crippen molar-refractivity contribution in [3.8, 4) is 0 Å². The topological polar surface area (TPSA) is 57.6 Å². The number of hydrogen-bond acceptors (Lipinski definition) is 3. The van der Waals surface area contributed by atoms with Crippen molar-refractivity contribution in [2.75, 3.05) is 14.1 Å². The number of aliphatic hydroxyl groups is 1. The van der Waals surface area contributed by atoms with Crippen LogP contribution in [0.4, 0.5) is 0 Å². The first kappa shape index (κ1) is 12.2. The molecule has 84 valence electrons. The fraction of sp³-hybridized carbons (Fsp3) is 0.400. The standard InChI is InChI=1S/C10H15NO3S/c1-8-9(7-12)5-4-6-10(8)15(13,14)11(2)3/h4-6,12H,7H2,1-3H3. The molecule has 0 saturated carbocycles. The van der Waals surface area contributed by atoms with Crippen LogP contribution < -0.4 is 0 Å². The second-order valence-electron chi connectivity index (χ2n) is 3.49. The molecule has 0 spiro atoms. The van der Waals surface area contributed by atoms with E-state index in [2.05, 4.69) is 0 Å². The van der Waals surface area contributed by atoms with Gasteiger partial charge in [0, 0.05) is 14.1 Å². The molecule has 4 nitrogen and oxygen atoms in total. The smallest absolute Gasteiger partial charge is 0.242 e. The number of hydrogen-bond donors (Lipinski definition) is 1. The molecular formula is C10H15NO3S. The average molecular weight is 229 g/mol. The molecule has 0 fully saturated rings. The third-order valence-electron chi connectivity index (χ3n) is 2.33. The highest BCUT2D eigenvalue weighted by atomic mass is 32.2. The third kappa shape index (κ3) is 2.19. The molecule has 0 atom stereocenters. The highest BCUT2D eigenvalue weighted by Gasteiger charge is 2.20. The molecule has 0 unspecified atom stereocenters. The second kappa shape index (κ2) is 4.30. The van der Waals surface area contributed by atoms with E-state index in [0.717, 1.165) is 4.31 Å². The highest BCUT2D eigenvalue weighted by molar-refractivity contribution is 7.89. The number of sulfonamides is 1. The zero-order chi connectivity index (χ0) is 11.6. The molecule has 1 rings (SSSR count). The lowest BCUT2D eigenvalue weighted by Crippen LogP contribution is -2.23. The first-order chi connectivity index (χ1) is 6.91.